The van der Waals surface area contributed by atoms with Gasteiger partial charge in [-0.05, 0) is 30.2 Å². The molecule has 0 aliphatic heterocycles. The van der Waals surface area contributed by atoms with Gasteiger partial charge in [-0.25, -0.2) is 4.98 Å². The molecular weight excluding hydrogens is 376 g/mol. The van der Waals surface area contributed by atoms with Gasteiger partial charge in [0.25, 0.3) is 5.91 Å². The molecule has 3 aromatic rings. The number of nitrogens with one attached hydrogen (secondary N) is 1. The van der Waals surface area contributed by atoms with Crippen LogP contribution in [-0.2, 0) is 20.7 Å². The van der Waals surface area contributed by atoms with Crippen LogP contribution in [0, 0.1) is 0 Å². The topological polar surface area (TPSA) is 77.5 Å². The summed E-state index contributed by atoms with van der Waals surface area (Å²) in [5, 5.41) is 4.81. The standard InChI is InChI=1S/C21H20N2O4S/c1-2-26-20(25)12-17-14-28-21(22-17)23-19(24)13-27-18-10-8-16(9-11-18)15-6-4-3-5-7-15/h3-11,14H,2,12-13H2,1H3,(H,22,23,24). The van der Waals surface area contributed by atoms with Gasteiger partial charge in [-0.1, -0.05) is 42.5 Å². The van der Waals surface area contributed by atoms with Crippen LogP contribution in [0.1, 0.15) is 12.6 Å². The second kappa shape index (κ2) is 9.66. The Bertz CT molecular complexity index is 923. The molecule has 0 bridgehead atoms. The van der Waals surface area contributed by atoms with Gasteiger partial charge in [0.05, 0.1) is 18.7 Å². The van der Waals surface area contributed by atoms with E-state index in [-0.39, 0.29) is 24.9 Å². The molecule has 0 atom stereocenters. The van der Waals surface area contributed by atoms with Gasteiger partial charge in [-0.2, -0.15) is 0 Å². The fourth-order valence-corrected chi connectivity index (χ4v) is 3.21. The van der Waals surface area contributed by atoms with Crippen molar-refractivity contribution < 1.29 is 19.1 Å². The van der Waals surface area contributed by atoms with E-state index in [1.54, 1.807) is 12.3 Å². The highest BCUT2D eigenvalue weighted by Crippen LogP contribution is 2.22. The Labute approximate surface area is 167 Å². The summed E-state index contributed by atoms with van der Waals surface area (Å²) in [5.41, 5.74) is 2.76. The van der Waals surface area contributed by atoms with Crippen LogP contribution in [0.25, 0.3) is 11.1 Å². The van der Waals surface area contributed by atoms with Crippen molar-refractivity contribution in [2.75, 3.05) is 18.5 Å². The lowest BCUT2D eigenvalue weighted by atomic mass is 10.1. The number of hydrogen-bond acceptors (Lipinski definition) is 6. The number of thiazole rings is 1. The van der Waals surface area contributed by atoms with Crippen molar-refractivity contribution in [3.05, 3.63) is 65.7 Å². The number of hydrogen-bond donors (Lipinski definition) is 1. The summed E-state index contributed by atoms with van der Waals surface area (Å²) in [6.45, 7) is 1.95. The summed E-state index contributed by atoms with van der Waals surface area (Å²) in [6.07, 6.45) is 0.0878. The zero-order chi connectivity index (χ0) is 19.8. The van der Waals surface area contributed by atoms with Crippen LogP contribution in [0.15, 0.2) is 60.0 Å². The molecule has 28 heavy (non-hydrogen) atoms. The Kier molecular flexibility index (Phi) is 6.75. The first-order chi connectivity index (χ1) is 13.6. The third kappa shape index (κ3) is 5.65. The molecule has 6 nitrogen and oxygen atoms in total. The van der Waals surface area contributed by atoms with Crippen molar-refractivity contribution in [3.8, 4) is 16.9 Å². The largest absolute Gasteiger partial charge is 0.484 e. The van der Waals surface area contributed by atoms with Crippen molar-refractivity contribution >= 4 is 28.3 Å². The number of carbonyl (C=O) groups excluding carboxylic acids is 2. The van der Waals surface area contributed by atoms with Gasteiger partial charge >= 0.3 is 5.97 Å². The molecule has 0 unspecified atom stereocenters. The van der Waals surface area contributed by atoms with E-state index in [0.717, 1.165) is 11.1 Å². The summed E-state index contributed by atoms with van der Waals surface area (Å²) in [7, 11) is 0. The second-order valence-corrected chi connectivity index (χ2v) is 6.71. The SMILES string of the molecule is CCOC(=O)Cc1csc(NC(=O)COc2ccc(-c3ccccc3)cc2)n1. The van der Waals surface area contributed by atoms with Crippen molar-refractivity contribution in [1.29, 1.82) is 0 Å². The molecule has 7 heteroatoms. The molecule has 0 radical (unpaired) electrons. The lowest BCUT2D eigenvalue weighted by Crippen LogP contribution is -2.20. The minimum Gasteiger partial charge on any atom is -0.484 e. The molecule has 1 heterocycles. The average molecular weight is 396 g/mol. The third-order valence-corrected chi connectivity index (χ3v) is 4.57. The van der Waals surface area contributed by atoms with E-state index < -0.39 is 0 Å². The van der Waals surface area contributed by atoms with Crippen LogP contribution in [0.2, 0.25) is 0 Å². The minimum atomic E-state index is -0.340. The number of nitrogens with zero attached hydrogens (tertiary/aromatic N) is 1. The van der Waals surface area contributed by atoms with Gasteiger partial charge in [0.2, 0.25) is 0 Å². The Balaban J connectivity index is 1.48. The van der Waals surface area contributed by atoms with Crippen LogP contribution < -0.4 is 10.1 Å². The minimum absolute atomic E-state index is 0.0878. The quantitative estimate of drug-likeness (QED) is 0.584. The maximum absolute atomic E-state index is 12.0. The van der Waals surface area contributed by atoms with Crippen molar-refractivity contribution in [2.45, 2.75) is 13.3 Å². The van der Waals surface area contributed by atoms with Crippen molar-refractivity contribution in [1.82, 2.24) is 4.98 Å². The predicted octanol–water partition coefficient (Wildman–Crippen LogP) is 3.93. The van der Waals surface area contributed by atoms with Crippen LogP contribution in [0.3, 0.4) is 0 Å². The van der Waals surface area contributed by atoms with Gasteiger partial charge in [0.1, 0.15) is 5.75 Å². The number of esters is 1. The van der Waals surface area contributed by atoms with Gasteiger partial charge in [-0.3, -0.25) is 14.9 Å². The Hall–Kier alpha value is -3.19. The maximum atomic E-state index is 12.0. The third-order valence-electron chi connectivity index (χ3n) is 3.76. The van der Waals surface area contributed by atoms with Crippen molar-refractivity contribution in [2.24, 2.45) is 0 Å². The molecule has 0 saturated carbocycles. The number of benzene rings is 2. The van der Waals surface area contributed by atoms with Crippen LogP contribution in [0.4, 0.5) is 5.13 Å². The van der Waals surface area contributed by atoms with Crippen LogP contribution >= 0.6 is 11.3 Å². The number of anilines is 1. The fraction of sp³-hybridized carbons (Fsp3) is 0.190. The van der Waals surface area contributed by atoms with E-state index in [1.807, 2.05) is 54.6 Å². The number of amides is 1. The number of aromatic nitrogens is 1. The highest BCUT2D eigenvalue weighted by molar-refractivity contribution is 7.13. The summed E-state index contributed by atoms with van der Waals surface area (Å²) in [6, 6.07) is 17.6. The Morgan fingerprint density at radius 3 is 2.46 bits per heavy atom. The molecule has 0 spiro atoms. The zero-order valence-electron chi connectivity index (χ0n) is 15.4. The molecule has 144 valence electrons. The second-order valence-electron chi connectivity index (χ2n) is 5.85. The number of rotatable bonds is 8. The molecule has 1 aromatic heterocycles. The maximum Gasteiger partial charge on any atom is 0.311 e. The predicted molar refractivity (Wildman–Crippen MR) is 108 cm³/mol. The molecular formula is C21H20N2O4S. The summed E-state index contributed by atoms with van der Waals surface area (Å²) < 4.78 is 10.4. The lowest BCUT2D eigenvalue weighted by molar-refractivity contribution is -0.142. The molecule has 0 aliphatic carbocycles. The molecule has 3 rings (SSSR count). The normalized spacial score (nSPS) is 10.3. The van der Waals surface area contributed by atoms with Gasteiger partial charge in [0.15, 0.2) is 11.7 Å². The summed E-state index contributed by atoms with van der Waals surface area (Å²) >= 11 is 1.25. The number of carbonyl (C=O) groups is 2. The zero-order valence-corrected chi connectivity index (χ0v) is 16.2. The van der Waals surface area contributed by atoms with Gasteiger partial charge < -0.3 is 9.47 Å². The van der Waals surface area contributed by atoms with Gasteiger partial charge in [0, 0.05) is 5.38 Å². The van der Waals surface area contributed by atoms with E-state index >= 15 is 0 Å². The first-order valence-corrected chi connectivity index (χ1v) is 9.70. The van der Waals surface area contributed by atoms with Crippen LogP contribution in [-0.4, -0.2) is 30.1 Å². The molecule has 0 aliphatic rings. The molecule has 0 saturated heterocycles. The molecule has 1 N–H and O–H groups in total. The average Bonchev–Trinajstić information content (AvgIpc) is 3.14. The molecule has 0 fully saturated rings. The van der Waals surface area contributed by atoms with Crippen molar-refractivity contribution in [3.63, 3.8) is 0 Å². The van der Waals surface area contributed by atoms with E-state index in [1.165, 1.54) is 11.3 Å². The monoisotopic (exact) mass is 396 g/mol. The van der Waals surface area contributed by atoms with Gasteiger partial charge in [-0.15, -0.1) is 11.3 Å². The first kappa shape index (κ1) is 19.6. The van der Waals surface area contributed by atoms with E-state index in [0.29, 0.717) is 23.2 Å². The fourth-order valence-electron chi connectivity index (χ4n) is 2.48. The molecule has 1 amide bonds. The van der Waals surface area contributed by atoms with E-state index in [2.05, 4.69) is 10.3 Å². The van der Waals surface area contributed by atoms with E-state index in [9.17, 15) is 9.59 Å². The van der Waals surface area contributed by atoms with Crippen LogP contribution in [0.5, 0.6) is 5.75 Å². The Morgan fingerprint density at radius 1 is 1.04 bits per heavy atom. The summed E-state index contributed by atoms with van der Waals surface area (Å²) in [5.74, 6) is -0.0471. The first-order valence-electron chi connectivity index (χ1n) is 8.82. The summed E-state index contributed by atoms with van der Waals surface area (Å²) in [4.78, 5) is 27.7. The molecule has 2 aromatic carbocycles. The highest BCUT2D eigenvalue weighted by atomic mass is 32.1. The highest BCUT2D eigenvalue weighted by Gasteiger charge is 2.11. The van der Waals surface area contributed by atoms with E-state index in [4.69, 9.17) is 9.47 Å². The smallest absolute Gasteiger partial charge is 0.311 e. The Morgan fingerprint density at radius 2 is 1.75 bits per heavy atom. The number of ether oxygens (including phenoxy) is 2. The lowest BCUT2D eigenvalue weighted by Gasteiger charge is -2.07.